The Morgan fingerprint density at radius 3 is 2.18 bits per heavy atom. The fraction of sp³-hybridized carbons (Fsp3) is 0.310. The first-order valence-corrected chi connectivity index (χ1v) is 14.9. The van der Waals surface area contributed by atoms with E-state index in [2.05, 4.69) is 21.2 Å². The van der Waals surface area contributed by atoms with Gasteiger partial charge in [-0.15, -0.1) is 0 Å². The summed E-state index contributed by atoms with van der Waals surface area (Å²) in [6, 6.07) is 21.0. The highest BCUT2D eigenvalue weighted by Crippen LogP contribution is 2.32. The zero-order valence-corrected chi connectivity index (χ0v) is 24.9. The Labute approximate surface area is 239 Å². The van der Waals surface area contributed by atoms with E-state index in [1.54, 1.807) is 49.4 Å². The van der Waals surface area contributed by atoms with Crippen LogP contribution in [0.15, 0.2) is 88.2 Å². The summed E-state index contributed by atoms with van der Waals surface area (Å²) in [6.07, 6.45) is 0.732. The van der Waals surface area contributed by atoms with Gasteiger partial charge in [0.05, 0.1) is 17.7 Å². The number of hydrogen-bond donors (Lipinski definition) is 1. The van der Waals surface area contributed by atoms with E-state index >= 15 is 0 Å². The summed E-state index contributed by atoms with van der Waals surface area (Å²) >= 11 is 3.41. The van der Waals surface area contributed by atoms with Crippen molar-refractivity contribution in [2.75, 3.05) is 18.0 Å². The topological polar surface area (TPSA) is 96.0 Å². The Bertz CT molecular complexity index is 1370. The molecule has 2 amide bonds. The van der Waals surface area contributed by atoms with Gasteiger partial charge in [0.15, 0.2) is 0 Å². The normalized spacial score (nSPS) is 12.7. The van der Waals surface area contributed by atoms with Crippen LogP contribution in [0.4, 0.5) is 5.69 Å². The lowest BCUT2D eigenvalue weighted by Crippen LogP contribution is -2.52. The molecule has 0 aliphatic rings. The van der Waals surface area contributed by atoms with Crippen LogP contribution in [0.25, 0.3) is 0 Å². The van der Waals surface area contributed by atoms with Gasteiger partial charge >= 0.3 is 0 Å². The highest BCUT2D eigenvalue weighted by Gasteiger charge is 2.33. The molecule has 0 aliphatic heterocycles. The van der Waals surface area contributed by atoms with E-state index in [0.29, 0.717) is 5.75 Å². The number of hydrogen-bond acceptors (Lipinski definition) is 5. The second-order valence-corrected chi connectivity index (χ2v) is 11.9. The number of amides is 2. The number of para-hydroxylation sites is 2. The molecule has 0 heterocycles. The molecule has 0 aliphatic carbocycles. The standard InChI is InChI=1S/C29H34BrN3O5S/c1-5-21(2)31-29(35)22(3)32(19-23-15-17-24(30)18-16-23)28(34)20-33(26-13-9-10-14-27(26)38-4)39(36,37)25-11-7-6-8-12-25/h6-18,21-22H,5,19-20H2,1-4H3,(H,31,35)/t21-,22+/m0/s1. The van der Waals surface area contributed by atoms with Crippen LogP contribution in [0.5, 0.6) is 5.75 Å². The molecule has 8 nitrogen and oxygen atoms in total. The molecule has 39 heavy (non-hydrogen) atoms. The first-order chi connectivity index (χ1) is 18.6. The number of carbonyl (C=O) groups excluding carboxylic acids is 2. The van der Waals surface area contributed by atoms with Crippen LogP contribution >= 0.6 is 15.9 Å². The maximum Gasteiger partial charge on any atom is 0.264 e. The van der Waals surface area contributed by atoms with E-state index in [0.717, 1.165) is 20.8 Å². The zero-order valence-electron chi connectivity index (χ0n) is 22.5. The number of rotatable bonds is 12. The molecular formula is C29H34BrN3O5S. The fourth-order valence-corrected chi connectivity index (χ4v) is 5.61. The number of halogens is 1. The lowest BCUT2D eigenvalue weighted by Gasteiger charge is -2.32. The quantitative estimate of drug-likeness (QED) is 0.310. The largest absolute Gasteiger partial charge is 0.495 e. The van der Waals surface area contributed by atoms with Gasteiger partial charge in [-0.2, -0.15) is 0 Å². The number of ether oxygens (including phenoxy) is 1. The minimum Gasteiger partial charge on any atom is -0.495 e. The zero-order chi connectivity index (χ0) is 28.6. The molecule has 0 fully saturated rings. The monoisotopic (exact) mass is 615 g/mol. The molecule has 1 N–H and O–H groups in total. The minimum atomic E-state index is -4.16. The van der Waals surface area contributed by atoms with Gasteiger partial charge in [-0.05, 0) is 62.2 Å². The van der Waals surface area contributed by atoms with Crippen LogP contribution in [0.1, 0.15) is 32.8 Å². The van der Waals surface area contributed by atoms with Gasteiger partial charge in [0.25, 0.3) is 10.0 Å². The maximum absolute atomic E-state index is 14.0. The molecule has 0 saturated carbocycles. The third kappa shape index (κ3) is 7.60. The number of anilines is 1. The Hall–Kier alpha value is -3.37. The second-order valence-electron chi connectivity index (χ2n) is 9.14. The summed E-state index contributed by atoms with van der Waals surface area (Å²) in [5.41, 5.74) is 1.02. The first kappa shape index (κ1) is 30.2. The molecule has 3 aromatic rings. The first-order valence-electron chi connectivity index (χ1n) is 12.6. The average molecular weight is 617 g/mol. The van der Waals surface area contributed by atoms with Crippen LogP contribution in [0.2, 0.25) is 0 Å². The smallest absolute Gasteiger partial charge is 0.264 e. The van der Waals surface area contributed by atoms with Crippen LogP contribution in [-0.4, -0.2) is 50.9 Å². The molecule has 0 bridgehead atoms. The fourth-order valence-electron chi connectivity index (χ4n) is 3.90. The Kier molecular flexibility index (Phi) is 10.5. The van der Waals surface area contributed by atoms with Gasteiger partial charge in [-0.1, -0.05) is 65.3 Å². The summed E-state index contributed by atoms with van der Waals surface area (Å²) in [5.74, 6) is -0.550. The predicted molar refractivity (Wildman–Crippen MR) is 156 cm³/mol. The summed E-state index contributed by atoms with van der Waals surface area (Å²) in [4.78, 5) is 28.5. The molecule has 2 atom stereocenters. The van der Waals surface area contributed by atoms with Gasteiger partial charge in [0.1, 0.15) is 18.3 Å². The van der Waals surface area contributed by atoms with Gasteiger partial charge in [0, 0.05) is 17.1 Å². The lowest BCUT2D eigenvalue weighted by atomic mass is 10.1. The van der Waals surface area contributed by atoms with Gasteiger partial charge in [-0.25, -0.2) is 8.42 Å². The maximum atomic E-state index is 14.0. The number of nitrogens with zero attached hydrogens (tertiary/aromatic N) is 2. The number of sulfonamides is 1. The Morgan fingerprint density at radius 1 is 0.949 bits per heavy atom. The van der Waals surface area contributed by atoms with Gasteiger partial charge in [0.2, 0.25) is 11.8 Å². The number of benzene rings is 3. The van der Waals surface area contributed by atoms with E-state index < -0.39 is 28.5 Å². The molecule has 3 rings (SSSR count). The second kappa shape index (κ2) is 13.6. The SMILES string of the molecule is CC[C@H](C)NC(=O)[C@@H](C)N(Cc1ccc(Br)cc1)C(=O)CN(c1ccccc1OC)S(=O)(=O)c1ccccc1. The van der Waals surface area contributed by atoms with E-state index in [1.165, 1.54) is 24.1 Å². The van der Waals surface area contributed by atoms with Crippen molar-refractivity contribution in [2.24, 2.45) is 0 Å². The highest BCUT2D eigenvalue weighted by molar-refractivity contribution is 9.10. The summed E-state index contributed by atoms with van der Waals surface area (Å²) in [6.45, 7) is 5.08. The third-order valence-electron chi connectivity index (χ3n) is 6.40. The molecule has 208 valence electrons. The highest BCUT2D eigenvalue weighted by atomic mass is 79.9. The van der Waals surface area contributed by atoms with Crippen LogP contribution in [0, 0.1) is 0 Å². The van der Waals surface area contributed by atoms with E-state index in [1.807, 2.05) is 38.1 Å². The third-order valence-corrected chi connectivity index (χ3v) is 8.70. The van der Waals surface area contributed by atoms with Gasteiger partial charge < -0.3 is 15.0 Å². The summed E-state index contributed by atoms with van der Waals surface area (Å²) < 4.78 is 35.1. The molecule has 0 saturated heterocycles. The summed E-state index contributed by atoms with van der Waals surface area (Å²) in [5, 5.41) is 2.93. The Balaban J connectivity index is 2.04. The van der Waals surface area contributed by atoms with E-state index in [-0.39, 0.29) is 29.1 Å². The van der Waals surface area contributed by atoms with Crippen molar-refractivity contribution in [1.82, 2.24) is 10.2 Å². The van der Waals surface area contributed by atoms with Crippen molar-refractivity contribution < 1.29 is 22.7 Å². The molecule has 0 aromatic heterocycles. The molecule has 0 unspecified atom stereocenters. The van der Waals surface area contributed by atoms with Crippen molar-refractivity contribution in [3.8, 4) is 5.75 Å². The van der Waals surface area contributed by atoms with Crippen molar-refractivity contribution in [3.05, 3.63) is 88.9 Å². The predicted octanol–water partition coefficient (Wildman–Crippen LogP) is 4.99. The van der Waals surface area contributed by atoms with Crippen molar-refractivity contribution in [2.45, 2.75) is 50.7 Å². The van der Waals surface area contributed by atoms with Gasteiger partial charge in [-0.3, -0.25) is 13.9 Å². The molecular weight excluding hydrogens is 582 g/mol. The molecule has 3 aromatic carbocycles. The van der Waals surface area contributed by atoms with Crippen LogP contribution < -0.4 is 14.4 Å². The molecule has 10 heteroatoms. The Morgan fingerprint density at radius 2 is 1.56 bits per heavy atom. The lowest BCUT2D eigenvalue weighted by molar-refractivity contribution is -0.139. The van der Waals surface area contributed by atoms with Crippen LogP contribution in [-0.2, 0) is 26.2 Å². The van der Waals surface area contributed by atoms with Crippen LogP contribution in [0.3, 0.4) is 0 Å². The molecule has 0 radical (unpaired) electrons. The van der Waals surface area contributed by atoms with Crippen molar-refractivity contribution >= 4 is 43.5 Å². The van der Waals surface area contributed by atoms with Crippen molar-refractivity contribution in [1.29, 1.82) is 0 Å². The average Bonchev–Trinajstić information content (AvgIpc) is 2.95. The van der Waals surface area contributed by atoms with E-state index in [4.69, 9.17) is 4.74 Å². The van der Waals surface area contributed by atoms with E-state index in [9.17, 15) is 18.0 Å². The summed E-state index contributed by atoms with van der Waals surface area (Å²) in [7, 11) is -2.72. The number of carbonyl (C=O) groups is 2. The number of nitrogens with one attached hydrogen (secondary N) is 1. The molecule has 0 spiro atoms. The number of methoxy groups -OCH3 is 1. The van der Waals surface area contributed by atoms with Crippen molar-refractivity contribution in [3.63, 3.8) is 0 Å². The minimum absolute atomic E-state index is 0.0331.